The molecule has 0 unspecified atom stereocenters. The number of benzene rings is 2. The molecule has 0 radical (unpaired) electrons. The molecule has 3 aromatic rings. The Morgan fingerprint density at radius 3 is 2.07 bits per heavy atom. The van der Waals surface area contributed by atoms with Gasteiger partial charge in [0.25, 0.3) is 0 Å². The molecule has 2 aromatic carbocycles. The highest BCUT2D eigenvalue weighted by atomic mass is 19.4. The Morgan fingerprint density at radius 1 is 0.964 bits per heavy atom. The lowest BCUT2D eigenvalue weighted by Crippen LogP contribution is -2.17. The van der Waals surface area contributed by atoms with Gasteiger partial charge in [0, 0.05) is 0 Å². The van der Waals surface area contributed by atoms with E-state index in [2.05, 4.69) is 19.9 Å². The number of para-hydroxylation sites is 1. The van der Waals surface area contributed by atoms with E-state index in [0.29, 0.717) is 0 Å². The third-order valence-corrected chi connectivity index (χ3v) is 3.14. The Bertz CT molecular complexity index is 929. The number of ether oxygens (including phenoxy) is 1. The molecular weight excluding hydrogens is 383 g/mol. The first-order valence-corrected chi connectivity index (χ1v) is 7.44. The van der Waals surface area contributed by atoms with Crippen molar-refractivity contribution in [3.63, 3.8) is 0 Å². The van der Waals surface area contributed by atoms with Crippen molar-refractivity contribution in [1.29, 1.82) is 0 Å². The van der Waals surface area contributed by atoms with Gasteiger partial charge in [-0.1, -0.05) is 18.2 Å². The molecule has 0 aliphatic carbocycles. The van der Waals surface area contributed by atoms with Gasteiger partial charge in [0.15, 0.2) is 5.82 Å². The van der Waals surface area contributed by atoms with Crippen molar-refractivity contribution in [3.05, 3.63) is 66.0 Å². The minimum absolute atomic E-state index is 0.0186. The maximum Gasteiger partial charge on any atom is 0.573 e. The quantitative estimate of drug-likeness (QED) is 0.618. The lowest BCUT2D eigenvalue weighted by molar-refractivity contribution is -0.274. The summed E-state index contributed by atoms with van der Waals surface area (Å²) in [5.41, 5.74) is 0.169. The number of aromatic nitrogens is 3. The van der Waals surface area contributed by atoms with Gasteiger partial charge in [0.05, 0.1) is 16.7 Å². The van der Waals surface area contributed by atoms with Gasteiger partial charge in [0.2, 0.25) is 0 Å². The van der Waals surface area contributed by atoms with E-state index in [9.17, 15) is 22.8 Å². The molecule has 0 aliphatic heterocycles. The van der Waals surface area contributed by atoms with Crippen molar-refractivity contribution in [2.45, 2.75) is 6.36 Å². The molecular formula is C17H12F3N3O5. The summed E-state index contributed by atoms with van der Waals surface area (Å²) in [6.45, 7) is 0. The largest absolute Gasteiger partial charge is 0.573 e. The summed E-state index contributed by atoms with van der Waals surface area (Å²) in [6, 6.07) is 10.9. The van der Waals surface area contributed by atoms with Gasteiger partial charge in [-0.15, -0.1) is 13.2 Å². The van der Waals surface area contributed by atoms with Crippen LogP contribution in [-0.2, 0) is 0 Å². The minimum atomic E-state index is -4.73. The van der Waals surface area contributed by atoms with Crippen molar-refractivity contribution in [1.82, 2.24) is 15.2 Å². The van der Waals surface area contributed by atoms with Crippen molar-refractivity contribution in [3.8, 4) is 17.1 Å². The maximum atomic E-state index is 12.1. The van der Waals surface area contributed by atoms with E-state index in [1.54, 1.807) is 6.07 Å². The Kier molecular flexibility index (Phi) is 6.32. The molecule has 0 spiro atoms. The Balaban J connectivity index is 0.000000209. The SMILES string of the molecule is FC(F)(F)Oc1ccccc1-c1ncn[nH]1.O=C(O)c1cccc(C(=O)O)c1. The molecule has 1 heterocycles. The van der Waals surface area contributed by atoms with Gasteiger partial charge < -0.3 is 14.9 Å². The van der Waals surface area contributed by atoms with Crippen LogP contribution in [0.5, 0.6) is 5.75 Å². The van der Waals surface area contributed by atoms with E-state index in [1.165, 1.54) is 42.7 Å². The molecule has 0 aliphatic rings. The summed E-state index contributed by atoms with van der Waals surface area (Å²) < 4.78 is 40.2. The van der Waals surface area contributed by atoms with E-state index in [-0.39, 0.29) is 28.3 Å². The third-order valence-electron chi connectivity index (χ3n) is 3.14. The predicted octanol–water partition coefficient (Wildman–Crippen LogP) is 3.45. The first-order valence-electron chi connectivity index (χ1n) is 7.44. The predicted molar refractivity (Wildman–Crippen MR) is 88.9 cm³/mol. The second kappa shape index (κ2) is 8.66. The van der Waals surface area contributed by atoms with Crippen LogP contribution in [0.2, 0.25) is 0 Å². The average molecular weight is 395 g/mol. The number of carbonyl (C=O) groups is 2. The van der Waals surface area contributed by atoms with E-state index >= 15 is 0 Å². The highest BCUT2D eigenvalue weighted by molar-refractivity contribution is 5.93. The Labute approximate surface area is 155 Å². The van der Waals surface area contributed by atoms with Crippen LogP contribution in [0, 0.1) is 0 Å². The molecule has 3 N–H and O–H groups in total. The molecule has 3 rings (SSSR count). The highest BCUT2D eigenvalue weighted by Crippen LogP contribution is 2.31. The van der Waals surface area contributed by atoms with Gasteiger partial charge in [-0.3, -0.25) is 5.10 Å². The fraction of sp³-hybridized carbons (Fsp3) is 0.0588. The van der Waals surface area contributed by atoms with Crippen LogP contribution < -0.4 is 4.74 Å². The lowest BCUT2D eigenvalue weighted by atomic mass is 10.1. The standard InChI is InChI=1S/C9H6F3N3O.C8H6O4/c10-9(11,12)16-7-4-2-1-3-6(7)8-13-5-14-15-8;9-7(10)5-2-1-3-6(4-5)8(11)12/h1-5H,(H,13,14,15);1-4H,(H,9,10)(H,11,12). The van der Waals surface area contributed by atoms with Crippen LogP contribution >= 0.6 is 0 Å². The second-order valence-electron chi connectivity index (χ2n) is 5.07. The summed E-state index contributed by atoms with van der Waals surface area (Å²) in [5, 5.41) is 23.0. The van der Waals surface area contributed by atoms with Crippen LogP contribution in [-0.4, -0.2) is 43.7 Å². The van der Waals surface area contributed by atoms with Crippen LogP contribution in [0.15, 0.2) is 54.9 Å². The number of alkyl halides is 3. The van der Waals surface area contributed by atoms with Crippen molar-refractivity contribution >= 4 is 11.9 Å². The number of hydrogen-bond donors (Lipinski definition) is 3. The average Bonchev–Trinajstić information content (AvgIpc) is 3.16. The smallest absolute Gasteiger partial charge is 0.478 e. The van der Waals surface area contributed by atoms with Crippen LogP contribution in [0.3, 0.4) is 0 Å². The van der Waals surface area contributed by atoms with E-state index in [0.717, 1.165) is 6.07 Å². The molecule has 0 fully saturated rings. The number of nitrogens with one attached hydrogen (secondary N) is 1. The van der Waals surface area contributed by atoms with E-state index in [1.807, 2.05) is 0 Å². The highest BCUT2D eigenvalue weighted by Gasteiger charge is 2.32. The topological polar surface area (TPSA) is 125 Å². The molecule has 0 bridgehead atoms. The van der Waals surface area contributed by atoms with Crippen LogP contribution in [0.25, 0.3) is 11.4 Å². The number of nitrogens with zero attached hydrogens (tertiary/aromatic N) is 2. The van der Waals surface area contributed by atoms with Gasteiger partial charge in [-0.05, 0) is 30.3 Å². The molecule has 0 atom stereocenters. The monoisotopic (exact) mass is 395 g/mol. The third kappa shape index (κ3) is 5.83. The normalized spacial score (nSPS) is 10.5. The molecule has 8 nitrogen and oxygen atoms in total. The summed E-state index contributed by atoms with van der Waals surface area (Å²) >= 11 is 0. The summed E-state index contributed by atoms with van der Waals surface area (Å²) in [4.78, 5) is 24.5. The molecule has 1 aromatic heterocycles. The number of carboxylic acids is 2. The number of aromatic amines is 1. The van der Waals surface area contributed by atoms with Gasteiger partial charge in [-0.2, -0.15) is 5.10 Å². The van der Waals surface area contributed by atoms with Gasteiger partial charge in [-0.25, -0.2) is 14.6 Å². The molecule has 11 heteroatoms. The molecule has 0 saturated carbocycles. The molecule has 0 saturated heterocycles. The zero-order valence-corrected chi connectivity index (χ0v) is 13.8. The Morgan fingerprint density at radius 2 is 1.57 bits per heavy atom. The summed E-state index contributed by atoms with van der Waals surface area (Å²) in [5.74, 6) is -2.34. The van der Waals surface area contributed by atoms with Crippen molar-refractivity contribution in [2.75, 3.05) is 0 Å². The maximum absolute atomic E-state index is 12.1. The first kappa shape index (κ1) is 20.4. The van der Waals surface area contributed by atoms with Crippen LogP contribution in [0.4, 0.5) is 13.2 Å². The van der Waals surface area contributed by atoms with E-state index in [4.69, 9.17) is 10.2 Å². The second-order valence-corrected chi connectivity index (χ2v) is 5.07. The lowest BCUT2D eigenvalue weighted by Gasteiger charge is -2.11. The zero-order chi connectivity index (χ0) is 20.7. The van der Waals surface area contributed by atoms with Crippen molar-refractivity contribution < 1.29 is 37.7 Å². The van der Waals surface area contributed by atoms with Gasteiger partial charge in [0.1, 0.15) is 12.1 Å². The number of hydrogen-bond acceptors (Lipinski definition) is 5. The van der Waals surface area contributed by atoms with Gasteiger partial charge >= 0.3 is 18.3 Å². The molecule has 0 amide bonds. The number of aromatic carboxylic acids is 2. The van der Waals surface area contributed by atoms with Crippen LogP contribution in [0.1, 0.15) is 20.7 Å². The first-order chi connectivity index (χ1) is 13.2. The van der Waals surface area contributed by atoms with E-state index < -0.39 is 18.3 Å². The summed E-state index contributed by atoms with van der Waals surface area (Å²) in [6.07, 6.45) is -3.52. The number of halogens is 3. The number of H-pyrrole nitrogens is 1. The fourth-order valence-corrected chi connectivity index (χ4v) is 2.00. The fourth-order valence-electron chi connectivity index (χ4n) is 2.00. The summed E-state index contributed by atoms with van der Waals surface area (Å²) in [7, 11) is 0. The number of rotatable bonds is 4. The molecule has 28 heavy (non-hydrogen) atoms. The van der Waals surface area contributed by atoms with Crippen molar-refractivity contribution in [2.24, 2.45) is 0 Å². The minimum Gasteiger partial charge on any atom is -0.478 e. The molecule has 146 valence electrons. The Hall–Kier alpha value is -3.89. The number of carboxylic acid groups (broad SMARTS) is 2. The zero-order valence-electron chi connectivity index (χ0n) is 13.8.